The summed E-state index contributed by atoms with van der Waals surface area (Å²) >= 11 is 0. The molecule has 4 heteroatoms. The van der Waals surface area contributed by atoms with E-state index < -0.39 is 0 Å². The molecular formula is C15H19N3O. The van der Waals surface area contributed by atoms with Crippen molar-refractivity contribution < 1.29 is 0 Å². The van der Waals surface area contributed by atoms with Crippen LogP contribution in [0, 0.1) is 13.8 Å². The molecule has 0 aliphatic heterocycles. The molecule has 1 heterocycles. The summed E-state index contributed by atoms with van der Waals surface area (Å²) in [5, 5.41) is 4.32. The molecule has 0 fully saturated rings. The van der Waals surface area contributed by atoms with Gasteiger partial charge < -0.3 is 5.73 Å². The van der Waals surface area contributed by atoms with Crippen LogP contribution in [0.15, 0.2) is 35.1 Å². The highest BCUT2D eigenvalue weighted by Crippen LogP contribution is 2.21. The summed E-state index contributed by atoms with van der Waals surface area (Å²) in [5.74, 6) is 0. The second-order valence-electron chi connectivity index (χ2n) is 4.75. The molecule has 1 aromatic carbocycles. The van der Waals surface area contributed by atoms with Gasteiger partial charge in [-0.15, -0.1) is 0 Å². The molecular weight excluding hydrogens is 238 g/mol. The fourth-order valence-corrected chi connectivity index (χ4v) is 2.11. The summed E-state index contributed by atoms with van der Waals surface area (Å²) in [5.41, 5.74) is 10.3. The summed E-state index contributed by atoms with van der Waals surface area (Å²) in [6.45, 7) is 6.51. The van der Waals surface area contributed by atoms with E-state index in [4.69, 9.17) is 5.73 Å². The van der Waals surface area contributed by atoms with Gasteiger partial charge in [-0.25, -0.2) is 4.68 Å². The van der Waals surface area contributed by atoms with Crippen molar-refractivity contribution in [2.75, 3.05) is 0 Å². The van der Waals surface area contributed by atoms with Gasteiger partial charge in [0.1, 0.15) is 0 Å². The molecule has 0 saturated heterocycles. The first-order valence-corrected chi connectivity index (χ1v) is 6.43. The van der Waals surface area contributed by atoms with E-state index in [-0.39, 0.29) is 11.6 Å². The van der Waals surface area contributed by atoms with Crippen molar-refractivity contribution in [3.63, 3.8) is 0 Å². The number of nitrogens with zero attached hydrogens (tertiary/aromatic N) is 2. The maximum Gasteiger partial charge on any atom is 0.266 e. The number of aryl methyl sites for hydroxylation is 3. The van der Waals surface area contributed by atoms with E-state index in [1.54, 1.807) is 6.07 Å². The Hall–Kier alpha value is -1.94. The summed E-state index contributed by atoms with van der Waals surface area (Å²) in [4.78, 5) is 11.5. The topological polar surface area (TPSA) is 60.9 Å². The molecule has 0 spiro atoms. The van der Waals surface area contributed by atoms with Crippen molar-refractivity contribution in [3.05, 3.63) is 63.1 Å². The van der Waals surface area contributed by atoms with E-state index in [1.165, 1.54) is 16.3 Å². The van der Waals surface area contributed by atoms with Crippen LogP contribution < -0.4 is 11.3 Å². The van der Waals surface area contributed by atoms with Gasteiger partial charge in [0.25, 0.3) is 5.56 Å². The molecule has 0 bridgehead atoms. The quantitative estimate of drug-likeness (QED) is 0.914. The van der Waals surface area contributed by atoms with Crippen molar-refractivity contribution in [2.45, 2.75) is 33.4 Å². The molecule has 2 N–H and O–H groups in total. The normalized spacial score (nSPS) is 12.4. The largest absolute Gasteiger partial charge is 0.319 e. The van der Waals surface area contributed by atoms with E-state index in [2.05, 4.69) is 23.3 Å². The van der Waals surface area contributed by atoms with Crippen LogP contribution in [0.1, 0.15) is 35.3 Å². The molecule has 0 radical (unpaired) electrons. The Morgan fingerprint density at radius 1 is 1.26 bits per heavy atom. The Bertz CT molecular complexity index is 646. The number of aromatic nitrogens is 2. The lowest BCUT2D eigenvalue weighted by Crippen LogP contribution is -2.25. The average molecular weight is 257 g/mol. The molecule has 0 aliphatic rings. The molecule has 1 atom stereocenters. The van der Waals surface area contributed by atoms with E-state index >= 15 is 0 Å². The molecule has 4 nitrogen and oxygen atoms in total. The van der Waals surface area contributed by atoms with Gasteiger partial charge in [-0.2, -0.15) is 5.10 Å². The Balaban J connectivity index is 2.46. The van der Waals surface area contributed by atoms with Crippen LogP contribution in [0.3, 0.4) is 0 Å². The Labute approximate surface area is 112 Å². The average Bonchev–Trinajstić information content (AvgIpc) is 2.41. The number of nitrogens with two attached hydrogens (primary N) is 1. The van der Waals surface area contributed by atoms with Gasteiger partial charge in [0.15, 0.2) is 0 Å². The van der Waals surface area contributed by atoms with Crippen molar-refractivity contribution in [1.82, 2.24) is 9.78 Å². The number of benzene rings is 1. The molecule has 2 rings (SSSR count). The first-order chi connectivity index (χ1) is 9.02. The molecule has 100 valence electrons. The van der Waals surface area contributed by atoms with E-state index in [1.807, 2.05) is 20.8 Å². The van der Waals surface area contributed by atoms with Crippen LogP contribution in [0.4, 0.5) is 0 Å². The van der Waals surface area contributed by atoms with Gasteiger partial charge in [-0.3, -0.25) is 4.79 Å². The predicted molar refractivity (Wildman–Crippen MR) is 76.1 cm³/mol. The Kier molecular flexibility index (Phi) is 3.81. The van der Waals surface area contributed by atoms with Crippen molar-refractivity contribution in [3.8, 4) is 0 Å². The van der Waals surface area contributed by atoms with Crippen LogP contribution in [0.2, 0.25) is 0 Å². The fraction of sp³-hybridized carbons (Fsp3) is 0.333. The molecule has 0 saturated carbocycles. The second kappa shape index (κ2) is 5.36. The van der Waals surface area contributed by atoms with Gasteiger partial charge in [0, 0.05) is 12.6 Å². The Morgan fingerprint density at radius 2 is 2.00 bits per heavy atom. The van der Waals surface area contributed by atoms with Crippen molar-refractivity contribution in [2.24, 2.45) is 5.73 Å². The maximum absolute atomic E-state index is 11.5. The smallest absolute Gasteiger partial charge is 0.266 e. The molecule has 19 heavy (non-hydrogen) atoms. The van der Waals surface area contributed by atoms with Gasteiger partial charge in [-0.05, 0) is 38.0 Å². The molecule has 1 unspecified atom stereocenters. The second-order valence-corrected chi connectivity index (χ2v) is 4.75. The monoisotopic (exact) mass is 257 g/mol. The number of hydrogen-bond donors (Lipinski definition) is 1. The summed E-state index contributed by atoms with van der Waals surface area (Å²) < 4.78 is 1.43. The lowest BCUT2D eigenvalue weighted by molar-refractivity contribution is 0.586. The summed E-state index contributed by atoms with van der Waals surface area (Å²) in [6, 6.07) is 9.12. The minimum atomic E-state index is -0.307. The summed E-state index contributed by atoms with van der Waals surface area (Å²) in [7, 11) is 0. The third kappa shape index (κ3) is 2.74. The Morgan fingerprint density at radius 3 is 2.68 bits per heavy atom. The third-order valence-corrected chi connectivity index (χ3v) is 3.28. The predicted octanol–water partition coefficient (Wildman–Crippen LogP) is 1.93. The first kappa shape index (κ1) is 13.5. The standard InChI is InChI=1S/C15H19N3O/c1-4-18-14(19)8-7-13(17-18)15(16)12-9-10(2)5-6-11(12)3/h5-9,15H,4,16H2,1-3H3. The SMILES string of the molecule is CCn1nc(C(N)c2cc(C)ccc2C)ccc1=O. The fourth-order valence-electron chi connectivity index (χ4n) is 2.11. The maximum atomic E-state index is 11.5. The van der Waals surface area contributed by atoms with Crippen LogP contribution in [-0.4, -0.2) is 9.78 Å². The minimum Gasteiger partial charge on any atom is -0.319 e. The van der Waals surface area contributed by atoms with E-state index in [9.17, 15) is 4.79 Å². The number of hydrogen-bond acceptors (Lipinski definition) is 3. The highest BCUT2D eigenvalue weighted by Gasteiger charge is 2.14. The van der Waals surface area contributed by atoms with Gasteiger partial charge in [0.2, 0.25) is 0 Å². The molecule has 0 aliphatic carbocycles. The molecule has 0 amide bonds. The molecule has 1 aromatic heterocycles. The van der Waals surface area contributed by atoms with Crippen LogP contribution >= 0.6 is 0 Å². The summed E-state index contributed by atoms with van der Waals surface area (Å²) in [6.07, 6.45) is 0. The highest BCUT2D eigenvalue weighted by atomic mass is 16.1. The number of rotatable bonds is 3. The zero-order valence-electron chi connectivity index (χ0n) is 11.6. The molecule has 2 aromatic rings. The first-order valence-electron chi connectivity index (χ1n) is 6.43. The third-order valence-electron chi connectivity index (χ3n) is 3.28. The zero-order valence-corrected chi connectivity index (χ0v) is 11.6. The van der Waals surface area contributed by atoms with Gasteiger partial charge in [-0.1, -0.05) is 23.8 Å². The van der Waals surface area contributed by atoms with Gasteiger partial charge >= 0.3 is 0 Å². The highest BCUT2D eigenvalue weighted by molar-refractivity contribution is 5.36. The van der Waals surface area contributed by atoms with Crippen LogP contribution in [0.25, 0.3) is 0 Å². The lowest BCUT2D eigenvalue weighted by atomic mass is 9.97. The van der Waals surface area contributed by atoms with Crippen LogP contribution in [-0.2, 0) is 6.54 Å². The van der Waals surface area contributed by atoms with Crippen molar-refractivity contribution >= 4 is 0 Å². The zero-order chi connectivity index (χ0) is 14.0. The van der Waals surface area contributed by atoms with E-state index in [0.717, 1.165) is 16.8 Å². The van der Waals surface area contributed by atoms with E-state index in [0.29, 0.717) is 6.54 Å². The lowest BCUT2D eigenvalue weighted by Gasteiger charge is -2.16. The minimum absolute atomic E-state index is 0.0978. The van der Waals surface area contributed by atoms with Crippen molar-refractivity contribution in [1.29, 1.82) is 0 Å². The van der Waals surface area contributed by atoms with Crippen LogP contribution in [0.5, 0.6) is 0 Å². The van der Waals surface area contributed by atoms with Gasteiger partial charge in [0.05, 0.1) is 11.7 Å².